The largest absolute Gasteiger partial charge is 0.543 e. The van der Waals surface area contributed by atoms with Crippen molar-refractivity contribution in [1.82, 2.24) is 4.98 Å². The monoisotopic (exact) mass is 513 g/mol. The van der Waals surface area contributed by atoms with Gasteiger partial charge in [-0.1, -0.05) is 20.8 Å². The van der Waals surface area contributed by atoms with Crippen LogP contribution in [0, 0.1) is 0 Å². The highest BCUT2D eigenvalue weighted by Gasteiger charge is 2.39. The summed E-state index contributed by atoms with van der Waals surface area (Å²) in [5.74, 6) is 0.439. The third-order valence-electron chi connectivity index (χ3n) is 4.83. The fourth-order valence-electron chi connectivity index (χ4n) is 2.14. The van der Waals surface area contributed by atoms with Crippen LogP contribution >= 0.6 is 27.3 Å². The first kappa shape index (κ1) is 24.4. The van der Waals surface area contributed by atoms with Crippen LogP contribution in [0.15, 0.2) is 27.1 Å². The molecule has 0 spiro atoms. The van der Waals surface area contributed by atoms with E-state index in [-0.39, 0.29) is 23.2 Å². The Morgan fingerprint density at radius 3 is 2.73 bits per heavy atom. The molecule has 0 unspecified atom stereocenters. The molecule has 2 rings (SSSR count). The standard InChI is InChI=1S/C20H28BrN3O4SSi/c1-7-27-17(26)10-13-12-29-19(23-13)24-22-11-14-15(25)8-9-16(18(14)21)28-30(5,6)20(2,3)4/h8-9,11-12,25H,7,10H2,1-6H3,(H,23,24). The Morgan fingerprint density at radius 2 is 2.10 bits per heavy atom. The molecule has 30 heavy (non-hydrogen) atoms. The second-order valence-corrected chi connectivity index (χ2v) is 14.5. The molecule has 0 aliphatic carbocycles. The van der Waals surface area contributed by atoms with Gasteiger partial charge in [-0.15, -0.1) is 11.3 Å². The lowest BCUT2D eigenvalue weighted by atomic mass is 10.2. The number of rotatable bonds is 8. The number of aromatic hydroxyl groups is 1. The molecule has 2 N–H and O–H groups in total. The molecule has 0 atom stereocenters. The number of carbonyl (C=O) groups is 1. The van der Waals surface area contributed by atoms with Crippen molar-refractivity contribution in [2.75, 3.05) is 12.0 Å². The van der Waals surface area contributed by atoms with Crippen LogP contribution in [0.4, 0.5) is 5.13 Å². The first-order chi connectivity index (χ1) is 13.9. The summed E-state index contributed by atoms with van der Waals surface area (Å²) in [4.78, 5) is 15.8. The maximum atomic E-state index is 11.5. The SMILES string of the molecule is CCOC(=O)Cc1csc(NN=Cc2c(O)ccc(O[Si](C)(C)C(C)(C)C)c2Br)n1. The van der Waals surface area contributed by atoms with Crippen LogP contribution < -0.4 is 9.85 Å². The highest BCUT2D eigenvalue weighted by Crippen LogP contribution is 2.41. The van der Waals surface area contributed by atoms with E-state index in [1.807, 2.05) is 0 Å². The fraction of sp³-hybridized carbons (Fsp3) is 0.450. The van der Waals surface area contributed by atoms with Gasteiger partial charge >= 0.3 is 5.97 Å². The Balaban J connectivity index is 2.12. The van der Waals surface area contributed by atoms with Crippen LogP contribution in [0.3, 0.4) is 0 Å². The number of benzene rings is 1. The maximum Gasteiger partial charge on any atom is 0.311 e. The maximum absolute atomic E-state index is 11.5. The van der Waals surface area contributed by atoms with Gasteiger partial charge in [-0.05, 0) is 53.1 Å². The van der Waals surface area contributed by atoms with Crippen molar-refractivity contribution >= 4 is 52.9 Å². The van der Waals surface area contributed by atoms with Gasteiger partial charge in [0, 0.05) is 5.38 Å². The summed E-state index contributed by atoms with van der Waals surface area (Å²) in [7, 11) is -2.04. The van der Waals surface area contributed by atoms with Crippen LogP contribution in [0.25, 0.3) is 0 Å². The van der Waals surface area contributed by atoms with Crippen molar-refractivity contribution in [3.8, 4) is 11.5 Å². The zero-order chi connectivity index (χ0) is 22.5. The number of halogens is 1. The van der Waals surface area contributed by atoms with Crippen molar-refractivity contribution in [1.29, 1.82) is 0 Å². The first-order valence-electron chi connectivity index (χ1n) is 9.54. The quantitative estimate of drug-likeness (QED) is 0.208. The number of nitrogens with zero attached hydrogens (tertiary/aromatic N) is 2. The number of anilines is 1. The molecule has 0 radical (unpaired) electrons. The summed E-state index contributed by atoms with van der Waals surface area (Å²) in [5, 5.41) is 16.8. The predicted molar refractivity (Wildman–Crippen MR) is 127 cm³/mol. The second-order valence-electron chi connectivity index (χ2n) is 8.17. The van der Waals surface area contributed by atoms with Crippen molar-refractivity contribution < 1.29 is 19.1 Å². The average Bonchev–Trinajstić information content (AvgIpc) is 3.06. The van der Waals surface area contributed by atoms with Gasteiger partial charge in [-0.25, -0.2) is 4.98 Å². The average molecular weight is 515 g/mol. The lowest BCUT2D eigenvalue weighted by Crippen LogP contribution is -2.44. The van der Waals surface area contributed by atoms with Crippen LogP contribution in [-0.4, -0.2) is 37.2 Å². The Hall–Kier alpha value is -1.91. The number of carbonyl (C=O) groups excluding carboxylic acids is 1. The van der Waals surface area contributed by atoms with Crippen LogP contribution in [-0.2, 0) is 16.0 Å². The van der Waals surface area contributed by atoms with Crippen LogP contribution in [0.2, 0.25) is 18.1 Å². The van der Waals surface area contributed by atoms with E-state index in [1.54, 1.807) is 24.4 Å². The summed E-state index contributed by atoms with van der Waals surface area (Å²) in [6.45, 7) is 12.9. The normalized spacial score (nSPS) is 12.2. The van der Waals surface area contributed by atoms with Gasteiger partial charge in [0.1, 0.15) is 11.5 Å². The van der Waals surface area contributed by atoms with Gasteiger partial charge in [0.05, 0.1) is 35.0 Å². The lowest BCUT2D eigenvalue weighted by molar-refractivity contribution is -0.142. The Kier molecular flexibility index (Phi) is 8.06. The molecule has 0 saturated heterocycles. The molecule has 0 aliphatic rings. The highest BCUT2D eigenvalue weighted by atomic mass is 79.9. The van der Waals surface area contributed by atoms with E-state index >= 15 is 0 Å². The van der Waals surface area contributed by atoms with Crippen molar-refractivity contribution in [3.05, 3.63) is 33.2 Å². The number of ether oxygens (including phenoxy) is 1. The molecule has 1 heterocycles. The third-order valence-corrected chi connectivity index (χ3v) is 10.8. The van der Waals surface area contributed by atoms with E-state index in [0.717, 1.165) is 0 Å². The number of phenolic OH excluding ortho intramolecular Hbond substituents is 1. The zero-order valence-electron chi connectivity index (χ0n) is 18.1. The molecule has 1 aromatic carbocycles. The number of nitrogens with one attached hydrogen (secondary N) is 1. The minimum atomic E-state index is -2.04. The third kappa shape index (κ3) is 6.29. The summed E-state index contributed by atoms with van der Waals surface area (Å²) in [6.07, 6.45) is 1.62. The molecule has 0 fully saturated rings. The van der Waals surface area contributed by atoms with E-state index in [0.29, 0.717) is 33.2 Å². The smallest absolute Gasteiger partial charge is 0.311 e. The van der Waals surface area contributed by atoms with Crippen molar-refractivity contribution in [3.63, 3.8) is 0 Å². The lowest BCUT2D eigenvalue weighted by Gasteiger charge is -2.36. The molecule has 0 bridgehead atoms. The van der Waals surface area contributed by atoms with E-state index in [9.17, 15) is 9.90 Å². The molecule has 0 amide bonds. The van der Waals surface area contributed by atoms with Gasteiger partial charge in [0.15, 0.2) is 0 Å². The minimum Gasteiger partial charge on any atom is -0.543 e. The van der Waals surface area contributed by atoms with E-state index in [2.05, 4.69) is 65.3 Å². The number of aromatic nitrogens is 1. The molecule has 7 nitrogen and oxygen atoms in total. The molecular formula is C20H28BrN3O4SSi. The number of hydrazone groups is 1. The van der Waals surface area contributed by atoms with Gasteiger partial charge in [0.2, 0.25) is 5.13 Å². The number of esters is 1. The number of thiazole rings is 1. The molecular weight excluding hydrogens is 486 g/mol. The topological polar surface area (TPSA) is 93.0 Å². The van der Waals surface area contributed by atoms with Crippen molar-refractivity contribution in [2.45, 2.75) is 52.2 Å². The molecule has 0 aliphatic heterocycles. The highest BCUT2D eigenvalue weighted by molar-refractivity contribution is 9.10. The summed E-state index contributed by atoms with van der Waals surface area (Å²) in [5.41, 5.74) is 3.94. The molecule has 2 aromatic rings. The number of phenols is 1. The Bertz CT molecular complexity index is 925. The van der Waals surface area contributed by atoms with Gasteiger partial charge in [-0.3, -0.25) is 10.2 Å². The minimum absolute atomic E-state index is 0.0479. The Labute approximate surface area is 190 Å². The second kappa shape index (κ2) is 9.93. The predicted octanol–water partition coefficient (Wildman–Crippen LogP) is 5.55. The van der Waals surface area contributed by atoms with Crippen LogP contribution in [0.5, 0.6) is 11.5 Å². The van der Waals surface area contributed by atoms with E-state index in [4.69, 9.17) is 9.16 Å². The number of hydrogen-bond donors (Lipinski definition) is 2. The van der Waals surface area contributed by atoms with E-state index in [1.165, 1.54) is 17.6 Å². The summed E-state index contributed by atoms with van der Waals surface area (Å²) >= 11 is 4.87. The Morgan fingerprint density at radius 1 is 1.40 bits per heavy atom. The molecule has 0 saturated carbocycles. The summed E-state index contributed by atoms with van der Waals surface area (Å²) in [6, 6.07) is 3.35. The molecule has 1 aromatic heterocycles. The van der Waals surface area contributed by atoms with Gasteiger partial charge in [-0.2, -0.15) is 5.10 Å². The number of hydrogen-bond acceptors (Lipinski definition) is 8. The van der Waals surface area contributed by atoms with Gasteiger partial charge in [0.25, 0.3) is 8.32 Å². The van der Waals surface area contributed by atoms with E-state index < -0.39 is 8.32 Å². The molecule has 10 heteroatoms. The van der Waals surface area contributed by atoms with Gasteiger partial charge < -0.3 is 14.3 Å². The fourth-order valence-corrected chi connectivity index (χ4v) is 4.50. The zero-order valence-corrected chi connectivity index (χ0v) is 21.5. The van der Waals surface area contributed by atoms with Crippen molar-refractivity contribution in [2.24, 2.45) is 5.10 Å². The van der Waals surface area contributed by atoms with Crippen LogP contribution in [0.1, 0.15) is 39.0 Å². The summed E-state index contributed by atoms with van der Waals surface area (Å²) < 4.78 is 11.9. The first-order valence-corrected chi connectivity index (χ1v) is 14.1. The molecule has 164 valence electrons.